The largest absolute Gasteiger partial charge is 0.488 e. The number of aryl methyl sites for hydroxylation is 2. The van der Waals surface area contributed by atoms with Crippen LogP contribution in [0, 0.1) is 13.8 Å². The zero-order chi connectivity index (χ0) is 16.4. The van der Waals surface area contributed by atoms with E-state index in [-0.39, 0.29) is 12.0 Å². The van der Waals surface area contributed by atoms with Crippen molar-refractivity contribution in [2.75, 3.05) is 18.8 Å². The van der Waals surface area contributed by atoms with Crippen molar-refractivity contribution in [1.29, 1.82) is 0 Å². The Bertz CT molecular complexity index is 707. The molecule has 3 rings (SSSR count). The summed E-state index contributed by atoms with van der Waals surface area (Å²) in [5.74, 6) is 0.857. The Morgan fingerprint density at radius 1 is 1.17 bits per heavy atom. The Balaban J connectivity index is 1.69. The predicted octanol–water partition coefficient (Wildman–Crippen LogP) is 3.18. The number of nitrogen functional groups attached to an aromatic ring is 1. The number of likely N-dealkylation sites (tertiary alicyclic amines) is 1. The quantitative estimate of drug-likeness (QED) is 0.886. The van der Waals surface area contributed by atoms with E-state index in [4.69, 9.17) is 10.5 Å². The van der Waals surface area contributed by atoms with E-state index in [1.54, 1.807) is 0 Å². The minimum Gasteiger partial charge on any atom is -0.488 e. The lowest BCUT2D eigenvalue weighted by molar-refractivity contribution is 0.0771. The monoisotopic (exact) mass is 310 g/mol. The van der Waals surface area contributed by atoms with E-state index in [1.807, 2.05) is 61.2 Å². The van der Waals surface area contributed by atoms with Gasteiger partial charge < -0.3 is 15.4 Å². The van der Waals surface area contributed by atoms with Crippen molar-refractivity contribution in [3.05, 3.63) is 59.2 Å². The molecule has 1 amide bonds. The van der Waals surface area contributed by atoms with Crippen molar-refractivity contribution in [1.82, 2.24) is 4.90 Å². The van der Waals surface area contributed by atoms with Crippen LogP contribution in [0.4, 0.5) is 5.69 Å². The van der Waals surface area contributed by atoms with Crippen molar-refractivity contribution in [2.24, 2.45) is 0 Å². The number of benzene rings is 2. The van der Waals surface area contributed by atoms with Crippen LogP contribution >= 0.6 is 0 Å². The van der Waals surface area contributed by atoms with Gasteiger partial charge in [0.05, 0.1) is 6.54 Å². The van der Waals surface area contributed by atoms with Crippen molar-refractivity contribution >= 4 is 11.6 Å². The molecule has 2 aromatic carbocycles. The van der Waals surface area contributed by atoms with Gasteiger partial charge in [0.15, 0.2) is 0 Å². The molecule has 0 aliphatic carbocycles. The highest BCUT2D eigenvalue weighted by atomic mass is 16.5. The van der Waals surface area contributed by atoms with Crippen molar-refractivity contribution < 1.29 is 9.53 Å². The molecular formula is C19H22N2O2. The zero-order valence-electron chi connectivity index (χ0n) is 13.6. The number of nitrogens with two attached hydrogens (primary N) is 1. The highest BCUT2D eigenvalue weighted by Gasteiger charge is 2.29. The van der Waals surface area contributed by atoms with Crippen LogP contribution in [-0.2, 0) is 0 Å². The Morgan fingerprint density at radius 2 is 1.87 bits per heavy atom. The predicted molar refractivity (Wildman–Crippen MR) is 91.7 cm³/mol. The van der Waals surface area contributed by atoms with Gasteiger partial charge in [0.2, 0.25) is 0 Å². The molecule has 1 aliphatic rings. The minimum atomic E-state index is 0.0186. The average Bonchev–Trinajstić information content (AvgIpc) is 2.95. The van der Waals surface area contributed by atoms with E-state index < -0.39 is 0 Å². The Morgan fingerprint density at radius 3 is 2.57 bits per heavy atom. The van der Waals surface area contributed by atoms with E-state index in [2.05, 4.69) is 0 Å². The van der Waals surface area contributed by atoms with E-state index in [0.717, 1.165) is 35.4 Å². The molecule has 23 heavy (non-hydrogen) atoms. The lowest BCUT2D eigenvalue weighted by Gasteiger charge is -2.19. The third-order valence-corrected chi connectivity index (χ3v) is 4.29. The number of amides is 1. The van der Waals surface area contributed by atoms with Crippen LogP contribution in [0.3, 0.4) is 0 Å². The summed E-state index contributed by atoms with van der Waals surface area (Å²) in [6, 6.07) is 13.4. The molecule has 1 aliphatic heterocycles. The van der Waals surface area contributed by atoms with Gasteiger partial charge in [0, 0.05) is 30.3 Å². The summed E-state index contributed by atoms with van der Waals surface area (Å²) in [5.41, 5.74) is 9.32. The van der Waals surface area contributed by atoms with E-state index in [0.29, 0.717) is 12.2 Å². The number of nitrogens with zero attached hydrogens (tertiary/aromatic N) is 1. The molecule has 0 unspecified atom stereocenters. The number of hydrogen-bond donors (Lipinski definition) is 1. The molecule has 1 heterocycles. The Kier molecular flexibility index (Phi) is 4.24. The summed E-state index contributed by atoms with van der Waals surface area (Å²) in [6.45, 7) is 5.30. The lowest BCUT2D eigenvalue weighted by Crippen LogP contribution is -2.31. The smallest absolute Gasteiger partial charge is 0.254 e. The summed E-state index contributed by atoms with van der Waals surface area (Å²) in [6.07, 6.45) is 0.857. The summed E-state index contributed by atoms with van der Waals surface area (Å²) in [5, 5.41) is 0. The van der Waals surface area contributed by atoms with Crippen LogP contribution in [0.2, 0.25) is 0 Å². The number of hydrogen-bond acceptors (Lipinski definition) is 3. The highest BCUT2D eigenvalue weighted by Crippen LogP contribution is 2.23. The lowest BCUT2D eigenvalue weighted by atomic mass is 10.0. The van der Waals surface area contributed by atoms with Crippen LogP contribution in [0.25, 0.3) is 0 Å². The maximum atomic E-state index is 12.8. The normalized spacial score (nSPS) is 17.3. The molecule has 0 bridgehead atoms. The molecule has 120 valence electrons. The van der Waals surface area contributed by atoms with Crippen molar-refractivity contribution in [2.45, 2.75) is 26.4 Å². The number of anilines is 1. The van der Waals surface area contributed by atoms with Crippen LogP contribution in [0.15, 0.2) is 42.5 Å². The molecule has 0 aromatic heterocycles. The molecule has 0 spiro atoms. The van der Waals surface area contributed by atoms with Gasteiger partial charge >= 0.3 is 0 Å². The number of rotatable bonds is 3. The maximum absolute atomic E-state index is 12.8. The third-order valence-electron chi connectivity index (χ3n) is 4.29. The van der Waals surface area contributed by atoms with Crippen LogP contribution < -0.4 is 10.5 Å². The van der Waals surface area contributed by atoms with Gasteiger partial charge in [-0.2, -0.15) is 0 Å². The molecule has 4 nitrogen and oxygen atoms in total. The molecule has 2 aromatic rings. The standard InChI is InChI=1S/C19H22N2O2/c1-13-5-3-6-14(2)18(13)19(22)21-10-9-17(12-21)23-16-8-4-7-15(20)11-16/h3-8,11,17H,9-10,12,20H2,1-2H3/t17-/m0/s1. The van der Waals surface area contributed by atoms with Gasteiger partial charge in [-0.1, -0.05) is 24.3 Å². The first-order chi connectivity index (χ1) is 11.0. The van der Waals surface area contributed by atoms with E-state index in [1.165, 1.54) is 0 Å². The second-order valence-corrected chi connectivity index (χ2v) is 6.12. The topological polar surface area (TPSA) is 55.6 Å². The van der Waals surface area contributed by atoms with Gasteiger partial charge in [-0.05, 0) is 37.1 Å². The molecule has 0 radical (unpaired) electrons. The molecule has 4 heteroatoms. The minimum absolute atomic E-state index is 0.0186. The summed E-state index contributed by atoms with van der Waals surface area (Å²) < 4.78 is 5.96. The third kappa shape index (κ3) is 3.31. The first-order valence-corrected chi connectivity index (χ1v) is 7.92. The molecule has 1 fully saturated rings. The average molecular weight is 310 g/mol. The molecule has 2 N–H and O–H groups in total. The van der Waals surface area contributed by atoms with E-state index >= 15 is 0 Å². The second-order valence-electron chi connectivity index (χ2n) is 6.12. The maximum Gasteiger partial charge on any atom is 0.254 e. The summed E-state index contributed by atoms with van der Waals surface area (Å²) >= 11 is 0. The van der Waals surface area contributed by atoms with Crippen LogP contribution in [0.1, 0.15) is 27.9 Å². The molecular weight excluding hydrogens is 288 g/mol. The molecule has 1 saturated heterocycles. The second kappa shape index (κ2) is 6.32. The molecule has 0 saturated carbocycles. The summed E-state index contributed by atoms with van der Waals surface area (Å²) in [4.78, 5) is 14.7. The zero-order valence-corrected chi connectivity index (χ0v) is 13.6. The van der Waals surface area contributed by atoms with Crippen LogP contribution in [-0.4, -0.2) is 30.0 Å². The van der Waals surface area contributed by atoms with E-state index in [9.17, 15) is 4.79 Å². The van der Waals surface area contributed by atoms with Gasteiger partial charge in [-0.25, -0.2) is 0 Å². The SMILES string of the molecule is Cc1cccc(C)c1C(=O)N1CC[C@H](Oc2cccc(N)c2)C1. The van der Waals surface area contributed by atoms with Crippen molar-refractivity contribution in [3.63, 3.8) is 0 Å². The number of ether oxygens (including phenoxy) is 1. The van der Waals surface area contributed by atoms with Gasteiger partial charge in [0.25, 0.3) is 5.91 Å². The van der Waals surface area contributed by atoms with Gasteiger partial charge in [-0.3, -0.25) is 4.79 Å². The van der Waals surface area contributed by atoms with Crippen molar-refractivity contribution in [3.8, 4) is 5.75 Å². The first-order valence-electron chi connectivity index (χ1n) is 7.92. The fourth-order valence-electron chi connectivity index (χ4n) is 3.10. The Labute approximate surface area is 136 Å². The Hall–Kier alpha value is -2.49. The fourth-order valence-corrected chi connectivity index (χ4v) is 3.10. The number of carbonyl (C=O) groups is 1. The van der Waals surface area contributed by atoms with Gasteiger partial charge in [-0.15, -0.1) is 0 Å². The first kappa shape index (κ1) is 15.4. The van der Waals surface area contributed by atoms with Crippen LogP contribution in [0.5, 0.6) is 5.75 Å². The van der Waals surface area contributed by atoms with Gasteiger partial charge in [0.1, 0.15) is 11.9 Å². The fraction of sp³-hybridized carbons (Fsp3) is 0.316. The molecule has 1 atom stereocenters. The number of carbonyl (C=O) groups excluding carboxylic acids is 1. The highest BCUT2D eigenvalue weighted by molar-refractivity contribution is 5.97. The summed E-state index contributed by atoms with van der Waals surface area (Å²) in [7, 11) is 0.